The number of nitrogens with zero attached hydrogens (tertiary/aromatic N) is 2. The minimum absolute atomic E-state index is 0.0853. The van der Waals surface area contributed by atoms with Crippen LogP contribution in [0.15, 0.2) is 42.5 Å². The molecule has 27 heavy (non-hydrogen) atoms. The van der Waals surface area contributed by atoms with Crippen LogP contribution >= 0.6 is 11.6 Å². The molecule has 7 heteroatoms. The van der Waals surface area contributed by atoms with Crippen molar-refractivity contribution in [2.45, 2.75) is 13.8 Å². The fourth-order valence-electron chi connectivity index (χ4n) is 2.33. The normalized spacial score (nSPS) is 10.0. The number of benzene rings is 2. The van der Waals surface area contributed by atoms with Crippen molar-refractivity contribution < 1.29 is 14.3 Å². The van der Waals surface area contributed by atoms with Crippen LogP contribution in [0.1, 0.15) is 18.1 Å². The van der Waals surface area contributed by atoms with Crippen LogP contribution in [0, 0.1) is 18.3 Å². The van der Waals surface area contributed by atoms with Crippen molar-refractivity contribution in [3.05, 3.63) is 58.6 Å². The summed E-state index contributed by atoms with van der Waals surface area (Å²) in [6.07, 6.45) is 0. The van der Waals surface area contributed by atoms with E-state index in [2.05, 4.69) is 5.32 Å². The fraction of sp³-hybridized carbons (Fsp3) is 0.250. The molecule has 140 valence electrons. The quantitative estimate of drug-likeness (QED) is 0.791. The van der Waals surface area contributed by atoms with E-state index in [0.29, 0.717) is 28.6 Å². The van der Waals surface area contributed by atoms with E-state index in [4.69, 9.17) is 21.6 Å². The molecular weight excluding hydrogens is 366 g/mol. The smallest absolute Gasteiger partial charge is 0.260 e. The topological polar surface area (TPSA) is 82.4 Å². The minimum Gasteiger partial charge on any atom is -0.484 e. The molecule has 0 spiro atoms. The predicted octanol–water partition coefficient (Wildman–Crippen LogP) is 3.39. The molecular formula is C20H20ClN3O3. The molecule has 2 rings (SSSR count). The largest absolute Gasteiger partial charge is 0.484 e. The lowest BCUT2D eigenvalue weighted by Crippen LogP contribution is -2.40. The first-order chi connectivity index (χ1) is 12.9. The molecule has 0 atom stereocenters. The van der Waals surface area contributed by atoms with Crippen molar-refractivity contribution in [3.8, 4) is 11.8 Å². The second-order valence-corrected chi connectivity index (χ2v) is 6.28. The number of likely N-dealkylation sites (N-methyl/N-ethyl adjacent to an activating group) is 1. The van der Waals surface area contributed by atoms with E-state index in [1.165, 1.54) is 4.90 Å². The second kappa shape index (κ2) is 9.60. The number of ether oxygens (including phenoxy) is 1. The molecule has 0 aliphatic rings. The van der Waals surface area contributed by atoms with E-state index in [1.807, 2.05) is 19.1 Å². The second-order valence-electron chi connectivity index (χ2n) is 5.84. The van der Waals surface area contributed by atoms with Gasteiger partial charge in [0.15, 0.2) is 6.61 Å². The first-order valence-corrected chi connectivity index (χ1v) is 8.77. The number of nitrogens with one attached hydrogen (secondary N) is 1. The highest BCUT2D eigenvalue weighted by molar-refractivity contribution is 6.31. The summed E-state index contributed by atoms with van der Waals surface area (Å²) < 4.78 is 5.44. The average molecular weight is 386 g/mol. The van der Waals surface area contributed by atoms with Gasteiger partial charge in [0.1, 0.15) is 5.75 Å². The zero-order chi connectivity index (χ0) is 19.8. The number of carbonyl (C=O) groups excluding carboxylic acids is 2. The van der Waals surface area contributed by atoms with Gasteiger partial charge in [-0.25, -0.2) is 0 Å². The van der Waals surface area contributed by atoms with Crippen molar-refractivity contribution in [1.29, 1.82) is 5.26 Å². The average Bonchev–Trinajstić information content (AvgIpc) is 2.67. The maximum Gasteiger partial charge on any atom is 0.260 e. The summed E-state index contributed by atoms with van der Waals surface area (Å²) >= 11 is 5.95. The predicted molar refractivity (Wildman–Crippen MR) is 104 cm³/mol. The summed E-state index contributed by atoms with van der Waals surface area (Å²) in [4.78, 5) is 26.0. The molecule has 6 nitrogen and oxygen atoms in total. The van der Waals surface area contributed by atoms with Crippen molar-refractivity contribution in [3.63, 3.8) is 0 Å². The summed E-state index contributed by atoms with van der Waals surface area (Å²) in [5, 5.41) is 12.1. The van der Waals surface area contributed by atoms with Gasteiger partial charge in [-0.2, -0.15) is 5.26 Å². The summed E-state index contributed by atoms with van der Waals surface area (Å²) in [7, 11) is 0. The first-order valence-electron chi connectivity index (χ1n) is 8.39. The number of rotatable bonds is 7. The lowest BCUT2D eigenvalue weighted by atomic mass is 10.2. The van der Waals surface area contributed by atoms with Crippen LogP contribution in [0.2, 0.25) is 5.02 Å². The molecule has 2 amide bonds. The molecule has 0 aliphatic heterocycles. The summed E-state index contributed by atoms with van der Waals surface area (Å²) in [6.45, 7) is 3.75. The third-order valence-corrected chi connectivity index (χ3v) is 4.12. The fourth-order valence-corrected chi connectivity index (χ4v) is 2.50. The summed E-state index contributed by atoms with van der Waals surface area (Å²) in [6, 6.07) is 13.7. The number of halogens is 1. The Morgan fingerprint density at radius 2 is 1.93 bits per heavy atom. The lowest BCUT2D eigenvalue weighted by molar-refractivity contribution is -0.136. The van der Waals surface area contributed by atoms with Gasteiger partial charge in [0.2, 0.25) is 5.91 Å². The molecule has 1 N–H and O–H groups in total. The van der Waals surface area contributed by atoms with Crippen LogP contribution in [0.25, 0.3) is 0 Å². The number of hydrogen-bond acceptors (Lipinski definition) is 4. The van der Waals surface area contributed by atoms with Crippen molar-refractivity contribution >= 4 is 29.1 Å². The Morgan fingerprint density at radius 1 is 1.22 bits per heavy atom. The highest BCUT2D eigenvalue weighted by Crippen LogP contribution is 2.20. The standard InChI is InChI=1S/C20H20ClN3O3/c1-3-24(12-19(25)23-18-10-16(21)7-4-14(18)2)20(26)13-27-17-8-5-15(11-22)6-9-17/h4-10H,3,12-13H2,1-2H3,(H,23,25). The van der Waals surface area contributed by atoms with Gasteiger partial charge in [-0.3, -0.25) is 9.59 Å². The van der Waals surface area contributed by atoms with Gasteiger partial charge in [0.25, 0.3) is 5.91 Å². The van der Waals surface area contributed by atoms with Crippen LogP contribution in [0.5, 0.6) is 5.75 Å². The Morgan fingerprint density at radius 3 is 2.56 bits per heavy atom. The van der Waals surface area contributed by atoms with Crippen LogP contribution in [-0.4, -0.2) is 36.4 Å². The zero-order valence-corrected chi connectivity index (χ0v) is 15.9. The van der Waals surface area contributed by atoms with Gasteiger partial charge in [-0.05, 0) is 55.8 Å². The van der Waals surface area contributed by atoms with Crippen LogP contribution in [0.3, 0.4) is 0 Å². The highest BCUT2D eigenvalue weighted by Gasteiger charge is 2.17. The molecule has 2 aromatic carbocycles. The number of aryl methyl sites for hydroxylation is 1. The maximum absolute atomic E-state index is 12.3. The van der Waals surface area contributed by atoms with E-state index in [9.17, 15) is 9.59 Å². The van der Waals surface area contributed by atoms with Gasteiger partial charge >= 0.3 is 0 Å². The number of nitriles is 1. The van der Waals surface area contributed by atoms with Crippen molar-refractivity contribution in [1.82, 2.24) is 4.90 Å². The molecule has 0 radical (unpaired) electrons. The van der Waals surface area contributed by atoms with Crippen LogP contribution in [-0.2, 0) is 9.59 Å². The maximum atomic E-state index is 12.3. The lowest BCUT2D eigenvalue weighted by Gasteiger charge is -2.21. The monoisotopic (exact) mass is 385 g/mol. The molecule has 0 saturated carbocycles. The number of anilines is 1. The Kier molecular flexibility index (Phi) is 7.21. The molecule has 0 saturated heterocycles. The van der Waals surface area contributed by atoms with Gasteiger partial charge in [0.05, 0.1) is 18.2 Å². The number of amides is 2. The zero-order valence-electron chi connectivity index (χ0n) is 15.2. The molecule has 0 bridgehead atoms. The van der Waals surface area contributed by atoms with E-state index in [1.54, 1.807) is 43.3 Å². The van der Waals surface area contributed by atoms with Crippen molar-refractivity contribution in [2.24, 2.45) is 0 Å². The molecule has 0 aromatic heterocycles. The minimum atomic E-state index is -0.311. The van der Waals surface area contributed by atoms with E-state index in [0.717, 1.165) is 5.56 Å². The van der Waals surface area contributed by atoms with Gasteiger partial charge in [-0.15, -0.1) is 0 Å². The summed E-state index contributed by atoms with van der Waals surface area (Å²) in [5.74, 6) is -0.133. The molecule has 0 aliphatic carbocycles. The Balaban J connectivity index is 1.90. The van der Waals surface area contributed by atoms with Gasteiger partial charge in [0, 0.05) is 17.3 Å². The molecule has 0 fully saturated rings. The van der Waals surface area contributed by atoms with Crippen molar-refractivity contribution in [2.75, 3.05) is 25.0 Å². The SMILES string of the molecule is CCN(CC(=O)Nc1cc(Cl)ccc1C)C(=O)COc1ccc(C#N)cc1. The third-order valence-electron chi connectivity index (χ3n) is 3.89. The van der Waals surface area contributed by atoms with Crippen LogP contribution < -0.4 is 10.1 Å². The Hall–Kier alpha value is -3.04. The van der Waals surface area contributed by atoms with E-state index >= 15 is 0 Å². The van der Waals surface area contributed by atoms with Gasteiger partial charge in [-0.1, -0.05) is 17.7 Å². The summed E-state index contributed by atoms with van der Waals surface area (Å²) in [5.41, 5.74) is 2.01. The number of hydrogen-bond donors (Lipinski definition) is 1. The van der Waals surface area contributed by atoms with E-state index < -0.39 is 0 Å². The molecule has 0 unspecified atom stereocenters. The Bertz CT molecular complexity index is 860. The van der Waals surface area contributed by atoms with E-state index in [-0.39, 0.29) is 25.0 Å². The van der Waals surface area contributed by atoms with Crippen LogP contribution in [0.4, 0.5) is 5.69 Å². The van der Waals surface area contributed by atoms with Gasteiger partial charge < -0.3 is 15.0 Å². The third kappa shape index (κ3) is 6.01. The first kappa shape index (κ1) is 20.3. The molecule has 2 aromatic rings. The Labute approximate surface area is 163 Å². The highest BCUT2D eigenvalue weighted by atomic mass is 35.5. The number of carbonyl (C=O) groups is 2. The molecule has 0 heterocycles.